The van der Waals surface area contributed by atoms with Gasteiger partial charge in [-0.3, -0.25) is 9.36 Å². The molecular weight excluding hydrogens is 242 g/mol. The van der Waals surface area contributed by atoms with Crippen molar-refractivity contribution in [2.45, 2.75) is 13.0 Å². The zero-order valence-electron chi connectivity index (χ0n) is 10.9. The molecule has 1 aliphatic rings. The van der Waals surface area contributed by atoms with Gasteiger partial charge >= 0.3 is 0 Å². The molecule has 100 valence electrons. The highest BCUT2D eigenvalue weighted by Gasteiger charge is 2.16. The van der Waals surface area contributed by atoms with Gasteiger partial charge in [0.15, 0.2) is 0 Å². The number of fused-ring (bicyclic) bond motifs is 1. The first-order valence-corrected chi connectivity index (χ1v) is 6.52. The molecule has 0 amide bonds. The fraction of sp³-hybridized carbons (Fsp3) is 0.429. The van der Waals surface area contributed by atoms with E-state index in [2.05, 4.69) is 10.3 Å². The Balaban J connectivity index is 2.03. The lowest BCUT2D eigenvalue weighted by Crippen LogP contribution is -2.25. The molecule has 19 heavy (non-hydrogen) atoms. The lowest BCUT2D eigenvalue weighted by molar-refractivity contribution is 0.418. The number of rotatable bonds is 3. The molecule has 1 fully saturated rings. The van der Waals surface area contributed by atoms with Crippen LogP contribution < -0.4 is 15.6 Å². The van der Waals surface area contributed by atoms with Gasteiger partial charge < -0.3 is 10.1 Å². The van der Waals surface area contributed by atoms with Gasteiger partial charge in [-0.05, 0) is 37.6 Å². The van der Waals surface area contributed by atoms with Crippen molar-refractivity contribution in [2.75, 3.05) is 20.2 Å². The highest BCUT2D eigenvalue weighted by molar-refractivity contribution is 5.83. The molecule has 1 N–H and O–H groups in total. The number of para-hydroxylation sites is 1. The predicted molar refractivity (Wildman–Crippen MR) is 73.5 cm³/mol. The Kier molecular flexibility index (Phi) is 3.21. The van der Waals surface area contributed by atoms with E-state index in [1.54, 1.807) is 24.1 Å². The van der Waals surface area contributed by atoms with Gasteiger partial charge in [-0.2, -0.15) is 0 Å². The van der Waals surface area contributed by atoms with Gasteiger partial charge in [0.05, 0.1) is 18.8 Å². The van der Waals surface area contributed by atoms with Crippen LogP contribution in [0.2, 0.25) is 0 Å². The Labute approximate surface area is 111 Å². The Bertz CT molecular complexity index is 645. The van der Waals surface area contributed by atoms with E-state index < -0.39 is 0 Å². The van der Waals surface area contributed by atoms with Crippen molar-refractivity contribution in [1.82, 2.24) is 14.9 Å². The van der Waals surface area contributed by atoms with Gasteiger partial charge in [-0.15, -0.1) is 0 Å². The third-order valence-electron chi connectivity index (χ3n) is 3.65. The molecule has 0 aliphatic carbocycles. The van der Waals surface area contributed by atoms with Crippen molar-refractivity contribution in [3.63, 3.8) is 0 Å². The Morgan fingerprint density at radius 2 is 2.42 bits per heavy atom. The van der Waals surface area contributed by atoms with Crippen LogP contribution in [-0.2, 0) is 6.54 Å². The summed E-state index contributed by atoms with van der Waals surface area (Å²) in [6, 6.07) is 5.45. The summed E-state index contributed by atoms with van der Waals surface area (Å²) >= 11 is 0. The third kappa shape index (κ3) is 2.21. The molecule has 3 rings (SSSR count). The van der Waals surface area contributed by atoms with E-state index in [0.717, 1.165) is 26.1 Å². The van der Waals surface area contributed by atoms with E-state index in [-0.39, 0.29) is 5.56 Å². The Hall–Kier alpha value is -1.88. The summed E-state index contributed by atoms with van der Waals surface area (Å²) in [4.78, 5) is 16.8. The maximum absolute atomic E-state index is 12.4. The van der Waals surface area contributed by atoms with Gasteiger partial charge in [-0.25, -0.2) is 4.98 Å². The van der Waals surface area contributed by atoms with Gasteiger partial charge in [-0.1, -0.05) is 6.07 Å². The maximum Gasteiger partial charge on any atom is 0.261 e. The van der Waals surface area contributed by atoms with Crippen LogP contribution in [0, 0.1) is 5.92 Å². The van der Waals surface area contributed by atoms with Crippen LogP contribution in [0.1, 0.15) is 6.42 Å². The summed E-state index contributed by atoms with van der Waals surface area (Å²) in [6.45, 7) is 2.74. The summed E-state index contributed by atoms with van der Waals surface area (Å²) in [6.07, 6.45) is 2.74. The number of nitrogens with one attached hydrogen (secondary N) is 1. The first kappa shape index (κ1) is 12.2. The van der Waals surface area contributed by atoms with Crippen LogP contribution in [0.15, 0.2) is 29.3 Å². The fourth-order valence-electron chi connectivity index (χ4n) is 2.61. The quantitative estimate of drug-likeness (QED) is 0.894. The topological polar surface area (TPSA) is 56.1 Å². The largest absolute Gasteiger partial charge is 0.494 e. The Morgan fingerprint density at radius 1 is 1.53 bits per heavy atom. The Morgan fingerprint density at radius 3 is 3.16 bits per heavy atom. The number of hydrogen-bond acceptors (Lipinski definition) is 4. The minimum atomic E-state index is 0.0100. The lowest BCUT2D eigenvalue weighted by Gasteiger charge is -2.12. The molecule has 0 saturated carbocycles. The van der Waals surface area contributed by atoms with Crippen LogP contribution in [0.3, 0.4) is 0 Å². The van der Waals surface area contributed by atoms with Crippen molar-refractivity contribution < 1.29 is 4.74 Å². The zero-order chi connectivity index (χ0) is 13.2. The average molecular weight is 259 g/mol. The minimum absolute atomic E-state index is 0.0100. The number of hydrogen-bond donors (Lipinski definition) is 1. The summed E-state index contributed by atoms with van der Waals surface area (Å²) in [7, 11) is 1.59. The standard InChI is InChI=1S/C14H17N3O2/c1-19-12-4-2-3-11-13(12)16-9-17(14(11)18)8-10-5-6-15-7-10/h2-4,9-10,15H,5-8H2,1H3. The number of nitrogens with zero attached hydrogens (tertiary/aromatic N) is 2. The van der Waals surface area contributed by atoms with Crippen LogP contribution in [0.5, 0.6) is 5.75 Å². The van der Waals surface area contributed by atoms with Crippen LogP contribution in [-0.4, -0.2) is 29.8 Å². The number of benzene rings is 1. The molecule has 1 aliphatic heterocycles. The van der Waals surface area contributed by atoms with Gasteiger partial charge in [0.1, 0.15) is 11.3 Å². The predicted octanol–water partition coefficient (Wildman–Crippen LogP) is 1.01. The molecule has 0 spiro atoms. The maximum atomic E-state index is 12.4. The van der Waals surface area contributed by atoms with Crippen LogP contribution in [0.25, 0.3) is 10.9 Å². The second-order valence-corrected chi connectivity index (χ2v) is 4.92. The lowest BCUT2D eigenvalue weighted by atomic mass is 10.1. The van der Waals surface area contributed by atoms with Crippen molar-refractivity contribution >= 4 is 10.9 Å². The third-order valence-corrected chi connectivity index (χ3v) is 3.65. The summed E-state index contributed by atoms with van der Waals surface area (Å²) in [5.41, 5.74) is 0.645. The molecular formula is C14H17N3O2. The van der Waals surface area contributed by atoms with Crippen molar-refractivity contribution in [1.29, 1.82) is 0 Å². The summed E-state index contributed by atoms with van der Waals surface area (Å²) < 4.78 is 6.94. The van der Waals surface area contributed by atoms with Gasteiger partial charge in [0, 0.05) is 6.54 Å². The average Bonchev–Trinajstić information content (AvgIpc) is 2.94. The number of ether oxygens (including phenoxy) is 1. The SMILES string of the molecule is COc1cccc2c(=O)n(CC3CCNC3)cnc12. The monoisotopic (exact) mass is 259 g/mol. The molecule has 1 saturated heterocycles. The molecule has 5 heteroatoms. The van der Waals surface area contributed by atoms with E-state index in [9.17, 15) is 4.79 Å². The molecule has 0 bridgehead atoms. The van der Waals surface area contributed by atoms with E-state index in [4.69, 9.17) is 4.74 Å². The molecule has 1 atom stereocenters. The second kappa shape index (κ2) is 5.01. The molecule has 1 unspecified atom stereocenters. The molecule has 2 heterocycles. The minimum Gasteiger partial charge on any atom is -0.494 e. The fourth-order valence-corrected chi connectivity index (χ4v) is 2.61. The second-order valence-electron chi connectivity index (χ2n) is 4.92. The van der Waals surface area contributed by atoms with Crippen LogP contribution in [0.4, 0.5) is 0 Å². The zero-order valence-corrected chi connectivity index (χ0v) is 10.9. The molecule has 2 aromatic rings. The number of aromatic nitrogens is 2. The van der Waals surface area contributed by atoms with Crippen molar-refractivity contribution in [3.05, 3.63) is 34.9 Å². The summed E-state index contributed by atoms with van der Waals surface area (Å²) in [5.74, 6) is 1.16. The molecule has 1 aromatic carbocycles. The number of methoxy groups -OCH3 is 1. The van der Waals surface area contributed by atoms with Crippen molar-refractivity contribution in [3.8, 4) is 5.75 Å². The molecule has 1 aromatic heterocycles. The normalized spacial score (nSPS) is 18.9. The first-order chi connectivity index (χ1) is 9.29. The van der Waals surface area contributed by atoms with E-state index in [1.807, 2.05) is 12.1 Å². The van der Waals surface area contributed by atoms with E-state index in [1.165, 1.54) is 0 Å². The summed E-state index contributed by atoms with van der Waals surface area (Å²) in [5, 5.41) is 3.93. The smallest absolute Gasteiger partial charge is 0.261 e. The highest BCUT2D eigenvalue weighted by atomic mass is 16.5. The van der Waals surface area contributed by atoms with Crippen molar-refractivity contribution in [2.24, 2.45) is 5.92 Å². The van der Waals surface area contributed by atoms with E-state index >= 15 is 0 Å². The van der Waals surface area contributed by atoms with Gasteiger partial charge in [0.25, 0.3) is 5.56 Å². The molecule has 0 radical (unpaired) electrons. The molecule has 5 nitrogen and oxygen atoms in total. The van der Waals surface area contributed by atoms with E-state index in [0.29, 0.717) is 22.6 Å². The highest BCUT2D eigenvalue weighted by Crippen LogP contribution is 2.20. The first-order valence-electron chi connectivity index (χ1n) is 6.52. The van der Waals surface area contributed by atoms with Crippen LogP contribution >= 0.6 is 0 Å². The van der Waals surface area contributed by atoms with Gasteiger partial charge in [0.2, 0.25) is 0 Å².